The molecule has 6 nitrogen and oxygen atoms in total. The number of nitrogens with zero attached hydrogens (tertiary/aromatic N) is 1. The molecule has 0 radical (unpaired) electrons. The Kier molecular flexibility index (Phi) is 47.9. The van der Waals surface area contributed by atoms with E-state index in [0.29, 0.717) is 12.2 Å². The summed E-state index contributed by atoms with van der Waals surface area (Å²) in [5.41, 5.74) is 0. The Hall–Kier alpha value is -16.3. The van der Waals surface area contributed by atoms with Crippen molar-refractivity contribution in [1.29, 1.82) is 0 Å². The zero-order valence-corrected chi connectivity index (χ0v) is 46.3. The largest absolute Gasteiger partial charge is 0.338 e. The molecule has 1 aliphatic rings. The molecular formula is C80H20N2O4S. The van der Waals surface area contributed by atoms with Gasteiger partial charge in [-0.15, -0.1) is 18.2 Å². The molecule has 1 rings (SSSR count). The Morgan fingerprint density at radius 1 is 0.368 bits per heavy atom. The van der Waals surface area contributed by atoms with E-state index in [1.165, 1.54) is 25.6 Å². The number of carbonyl (C=O) groups is 4. The second-order valence-electron chi connectivity index (χ2n) is 12.6. The summed E-state index contributed by atoms with van der Waals surface area (Å²) < 4.78 is 0. The number of thioether (sulfide) groups is 1. The average Bonchev–Trinajstić information content (AvgIpc) is 3.05. The van der Waals surface area contributed by atoms with E-state index in [4.69, 9.17) is 6.42 Å². The van der Waals surface area contributed by atoms with E-state index in [0.717, 1.165) is 4.90 Å². The van der Waals surface area contributed by atoms with Gasteiger partial charge in [0.25, 0.3) is 0 Å². The normalized spacial score (nSPS) is 7.10. The highest BCUT2D eigenvalue weighted by molar-refractivity contribution is 8.00. The van der Waals surface area contributed by atoms with Crippen LogP contribution in [-0.2, 0) is 19.2 Å². The van der Waals surface area contributed by atoms with Crippen molar-refractivity contribution in [3.05, 3.63) is 0 Å². The molecule has 1 saturated heterocycles. The van der Waals surface area contributed by atoms with Gasteiger partial charge in [-0.3, -0.25) is 24.1 Å². The van der Waals surface area contributed by atoms with Gasteiger partial charge in [0.15, 0.2) is 0 Å². The highest BCUT2D eigenvalue weighted by Gasteiger charge is 2.38. The lowest BCUT2D eigenvalue weighted by Gasteiger charge is -2.14. The van der Waals surface area contributed by atoms with Crippen molar-refractivity contribution in [2.45, 2.75) is 38.9 Å². The minimum atomic E-state index is -0.425. The molecule has 1 N–H and O–H groups in total. The van der Waals surface area contributed by atoms with Gasteiger partial charge in [0.1, 0.15) is 12.5 Å². The third kappa shape index (κ3) is 54.3. The quantitative estimate of drug-likeness (QED) is 0.313. The standard InChI is InChI=1S/C69H4.C11H16N2O4S/c1-3-5-7-9-11-13-15-17-19-21-23-25-27-29-31-33-35-37-39-41-43-45-47-49-51-53-55-57-59-61-63-65-67-69-68-66-64-62-60-58-56-54-52-50-48-46-44-42-40-38-36-34-32-30-28-26-24-22-20-18-16-14-12-10-8-6-4-2;1-7(14)3-4-18-9-5-10(16)13(11(9)17)6-12-8(2)15/h1H,2H3;9H,3-6H2,1-2H3,(H,12,15). The topological polar surface area (TPSA) is 83.6 Å². The van der Waals surface area contributed by atoms with Crippen molar-refractivity contribution in [2.24, 2.45) is 0 Å². The van der Waals surface area contributed by atoms with E-state index >= 15 is 0 Å². The predicted octanol–water partition coefficient (Wildman–Crippen LogP) is 0.671. The SMILES string of the molecule is C#CC#CC#CC#CC#CC#CC#CC#CC#CC#CC#CC#CC#CC#CC#CC#CC#CC#CC#CC#CC#CC#CC#CC#CC#CC#CC#CC#CC#CC#CC#CC#CC#CC#CC.CC(=O)CCSC1CC(=O)N(CNC(C)=O)C1=O. The number of amides is 3. The van der Waals surface area contributed by atoms with Gasteiger partial charge in [-0.25, -0.2) is 0 Å². The Morgan fingerprint density at radius 2 is 0.563 bits per heavy atom. The van der Waals surface area contributed by atoms with Crippen LogP contribution < -0.4 is 5.32 Å². The number of rotatable bonds is 6. The lowest BCUT2D eigenvalue weighted by molar-refractivity contribution is -0.139. The summed E-state index contributed by atoms with van der Waals surface area (Å²) in [5, 5.41) is 2.00. The number of likely N-dealkylation sites (tertiary alicyclic amines) is 1. The van der Waals surface area contributed by atoms with E-state index in [1.807, 2.05) is 0 Å². The van der Waals surface area contributed by atoms with Crippen LogP contribution in [0, 0.1) is 403 Å². The molecule has 0 saturated carbocycles. The first-order valence-electron chi connectivity index (χ1n) is 22.9. The summed E-state index contributed by atoms with van der Waals surface area (Å²) >= 11 is 1.32. The van der Waals surface area contributed by atoms with Gasteiger partial charge >= 0.3 is 0 Å². The Bertz CT molecular complexity index is 5250. The molecule has 1 fully saturated rings. The summed E-state index contributed by atoms with van der Waals surface area (Å²) in [6, 6.07) is 0. The van der Waals surface area contributed by atoms with Crippen LogP contribution in [0.25, 0.3) is 0 Å². The molecule has 1 heterocycles. The van der Waals surface area contributed by atoms with Crippen molar-refractivity contribution in [2.75, 3.05) is 12.4 Å². The van der Waals surface area contributed by atoms with Gasteiger partial charge in [-0.1, -0.05) is 5.92 Å². The second kappa shape index (κ2) is 58.9. The second-order valence-corrected chi connectivity index (χ2v) is 13.9. The number of carbonyl (C=O) groups excluding carboxylic acids is 4. The van der Waals surface area contributed by atoms with Gasteiger partial charge in [0.2, 0.25) is 17.7 Å². The van der Waals surface area contributed by atoms with Crippen molar-refractivity contribution in [3.8, 4) is 403 Å². The molecule has 3 amide bonds. The van der Waals surface area contributed by atoms with E-state index in [-0.39, 0.29) is 36.6 Å². The zero-order valence-electron chi connectivity index (χ0n) is 45.5. The molecular weight excluding hydrogens is 1080 g/mol. The van der Waals surface area contributed by atoms with Crippen LogP contribution in [-0.4, -0.2) is 46.1 Å². The number of Topliss-reactive ketones (excluding diaryl/α,β-unsaturated/α-hetero) is 1. The minimum Gasteiger partial charge on any atom is -0.338 e. The van der Waals surface area contributed by atoms with Crippen LogP contribution in [0.4, 0.5) is 0 Å². The molecule has 1 unspecified atom stereocenters. The molecule has 0 aromatic heterocycles. The van der Waals surface area contributed by atoms with Crippen LogP contribution in [0.15, 0.2) is 0 Å². The number of terminal acetylenes is 1. The molecule has 7 heteroatoms. The molecule has 1 atom stereocenters. The first-order chi connectivity index (χ1) is 42.8. The first-order valence-corrected chi connectivity index (χ1v) is 23.9. The Balaban J connectivity index is 0.00000347. The summed E-state index contributed by atoms with van der Waals surface area (Å²) in [7, 11) is 0. The fraction of sp³-hybridized carbons (Fsp3) is 0.100. The van der Waals surface area contributed by atoms with Gasteiger partial charge in [0, 0.05) is 322 Å². The molecule has 0 aromatic rings. The van der Waals surface area contributed by atoms with Gasteiger partial charge in [-0.2, -0.15) is 0 Å². The molecule has 0 aliphatic carbocycles. The van der Waals surface area contributed by atoms with Gasteiger partial charge in [-0.05, 0) is 109 Å². The Morgan fingerprint density at radius 3 is 0.736 bits per heavy atom. The minimum absolute atomic E-state index is 0.0642. The number of imide groups is 1. The summed E-state index contributed by atoms with van der Waals surface area (Å²) in [5.74, 6) is 167. The third-order valence-electron chi connectivity index (χ3n) is 6.66. The first kappa shape index (κ1) is 70.7. The molecule has 0 bridgehead atoms. The summed E-state index contributed by atoms with van der Waals surface area (Å²) in [6.45, 7) is 4.43. The predicted molar refractivity (Wildman–Crippen MR) is 338 cm³/mol. The molecule has 87 heavy (non-hydrogen) atoms. The lowest BCUT2D eigenvalue weighted by Crippen LogP contribution is -2.40. The number of nitrogens with one attached hydrogen (secondary N) is 1. The third-order valence-corrected chi connectivity index (χ3v) is 7.87. The monoisotopic (exact) mass is 1100 g/mol. The van der Waals surface area contributed by atoms with Crippen LogP contribution in [0.5, 0.6) is 0 Å². The molecule has 0 aromatic carbocycles. The van der Waals surface area contributed by atoms with Crippen LogP contribution in [0.3, 0.4) is 0 Å². The van der Waals surface area contributed by atoms with Crippen molar-refractivity contribution < 1.29 is 19.2 Å². The zero-order chi connectivity index (χ0) is 63.1. The summed E-state index contributed by atoms with van der Waals surface area (Å²) in [6.07, 6.45) is 5.48. The number of hydrogen-bond acceptors (Lipinski definition) is 5. The van der Waals surface area contributed by atoms with Crippen LogP contribution in [0.1, 0.15) is 33.6 Å². The maximum absolute atomic E-state index is 11.9. The van der Waals surface area contributed by atoms with Crippen LogP contribution in [0.2, 0.25) is 0 Å². The number of ketones is 1. The summed E-state index contributed by atoms with van der Waals surface area (Å²) in [4.78, 5) is 46.0. The van der Waals surface area contributed by atoms with Crippen molar-refractivity contribution in [3.63, 3.8) is 0 Å². The lowest BCUT2D eigenvalue weighted by atomic mass is 10.3. The molecule has 1 aliphatic heterocycles. The van der Waals surface area contributed by atoms with E-state index in [2.05, 4.69) is 402 Å². The highest BCUT2D eigenvalue weighted by atomic mass is 32.2. The molecule has 0 spiro atoms. The van der Waals surface area contributed by atoms with Gasteiger partial charge < -0.3 is 5.32 Å². The average molecular weight is 1110 g/mol. The maximum atomic E-state index is 11.9. The van der Waals surface area contributed by atoms with Crippen molar-refractivity contribution >= 4 is 35.3 Å². The fourth-order valence-electron chi connectivity index (χ4n) is 3.55. The van der Waals surface area contributed by atoms with Crippen molar-refractivity contribution in [1.82, 2.24) is 10.2 Å². The molecule has 380 valence electrons. The number of hydrogen-bond donors (Lipinski definition) is 1. The highest BCUT2D eigenvalue weighted by Crippen LogP contribution is 2.25. The Labute approximate surface area is 516 Å². The van der Waals surface area contributed by atoms with E-state index < -0.39 is 5.25 Å². The van der Waals surface area contributed by atoms with Crippen LogP contribution >= 0.6 is 11.8 Å². The van der Waals surface area contributed by atoms with E-state index in [9.17, 15) is 19.2 Å². The smallest absolute Gasteiger partial charge is 0.244 e. The van der Waals surface area contributed by atoms with E-state index in [1.54, 1.807) is 6.92 Å². The van der Waals surface area contributed by atoms with Gasteiger partial charge in [0.05, 0.1) is 5.25 Å². The maximum Gasteiger partial charge on any atom is 0.244 e. The fourth-order valence-corrected chi connectivity index (χ4v) is 4.77.